The first kappa shape index (κ1) is 15.2. The van der Waals surface area contributed by atoms with E-state index >= 15 is 0 Å². The van der Waals surface area contributed by atoms with Crippen LogP contribution < -0.4 is 5.32 Å². The average Bonchev–Trinajstić information content (AvgIpc) is 2.96. The second-order valence-electron chi connectivity index (χ2n) is 4.48. The van der Waals surface area contributed by atoms with Gasteiger partial charge in [0.15, 0.2) is 5.13 Å². The lowest BCUT2D eigenvalue weighted by Gasteiger charge is -2.03. The fourth-order valence-corrected chi connectivity index (χ4v) is 3.26. The number of carbonyl (C=O) groups excluding carboxylic acids is 1. The molecule has 1 aromatic heterocycles. The molecule has 3 rings (SSSR count). The third-order valence-electron chi connectivity index (χ3n) is 2.96. The molecule has 0 unspecified atom stereocenters. The summed E-state index contributed by atoms with van der Waals surface area (Å²) in [6, 6.07) is 14.8. The molecule has 0 saturated heterocycles. The highest BCUT2D eigenvalue weighted by atomic mass is 79.9. The van der Waals surface area contributed by atoms with Crippen molar-refractivity contribution in [1.29, 1.82) is 0 Å². The van der Waals surface area contributed by atoms with Crippen LogP contribution in [-0.4, -0.2) is 10.9 Å². The molecule has 0 aliphatic carbocycles. The number of thiazole rings is 1. The van der Waals surface area contributed by atoms with E-state index in [1.165, 1.54) is 11.3 Å². The maximum absolute atomic E-state index is 12.2. The maximum Gasteiger partial charge on any atom is 0.258 e. The molecule has 0 saturated carbocycles. The first-order valence-electron chi connectivity index (χ1n) is 6.41. The van der Waals surface area contributed by atoms with Gasteiger partial charge in [-0.05, 0) is 24.3 Å². The van der Waals surface area contributed by atoms with Crippen molar-refractivity contribution in [2.24, 2.45) is 0 Å². The largest absolute Gasteiger partial charge is 0.298 e. The van der Waals surface area contributed by atoms with Crippen LogP contribution in [0.3, 0.4) is 0 Å². The minimum Gasteiger partial charge on any atom is -0.298 e. The van der Waals surface area contributed by atoms with Crippen LogP contribution in [0.1, 0.15) is 10.4 Å². The molecule has 6 heteroatoms. The van der Waals surface area contributed by atoms with Gasteiger partial charge in [0.25, 0.3) is 5.91 Å². The highest BCUT2D eigenvalue weighted by molar-refractivity contribution is 9.10. The number of carbonyl (C=O) groups is 1. The van der Waals surface area contributed by atoms with Gasteiger partial charge < -0.3 is 0 Å². The van der Waals surface area contributed by atoms with Gasteiger partial charge in [-0.15, -0.1) is 11.3 Å². The standard InChI is InChI=1S/C16H10BrClN2OS/c17-11-5-3-4-10(8-11)14-9-22-16(19-14)20-15(21)12-6-1-2-7-13(12)18/h1-9H,(H,19,20,21). The Morgan fingerprint density at radius 1 is 1.18 bits per heavy atom. The number of hydrogen-bond donors (Lipinski definition) is 1. The Balaban J connectivity index is 1.80. The molecule has 3 aromatic rings. The summed E-state index contributed by atoms with van der Waals surface area (Å²) in [5.41, 5.74) is 2.24. The van der Waals surface area contributed by atoms with Gasteiger partial charge >= 0.3 is 0 Å². The van der Waals surface area contributed by atoms with Crippen molar-refractivity contribution >= 4 is 49.9 Å². The first-order chi connectivity index (χ1) is 10.6. The minimum absolute atomic E-state index is 0.263. The van der Waals surface area contributed by atoms with E-state index in [4.69, 9.17) is 11.6 Å². The van der Waals surface area contributed by atoms with E-state index in [-0.39, 0.29) is 5.91 Å². The van der Waals surface area contributed by atoms with Crippen LogP contribution in [0.25, 0.3) is 11.3 Å². The molecule has 0 fully saturated rings. The number of nitrogens with one attached hydrogen (secondary N) is 1. The normalized spacial score (nSPS) is 10.5. The number of amides is 1. The Kier molecular flexibility index (Phi) is 4.57. The van der Waals surface area contributed by atoms with Gasteiger partial charge in [0.05, 0.1) is 16.3 Å². The van der Waals surface area contributed by atoms with Crippen LogP contribution in [0, 0.1) is 0 Å². The molecule has 0 bridgehead atoms. The molecule has 1 amide bonds. The van der Waals surface area contributed by atoms with Crippen LogP contribution in [0.2, 0.25) is 5.02 Å². The van der Waals surface area contributed by atoms with E-state index < -0.39 is 0 Å². The molecule has 1 N–H and O–H groups in total. The maximum atomic E-state index is 12.2. The van der Waals surface area contributed by atoms with Crippen LogP contribution in [0.15, 0.2) is 58.4 Å². The summed E-state index contributed by atoms with van der Waals surface area (Å²) in [5, 5.41) is 5.64. The highest BCUT2D eigenvalue weighted by Gasteiger charge is 2.12. The van der Waals surface area contributed by atoms with E-state index in [0.717, 1.165) is 15.7 Å². The summed E-state index contributed by atoms with van der Waals surface area (Å²) in [6.07, 6.45) is 0. The molecule has 22 heavy (non-hydrogen) atoms. The molecule has 0 atom stereocenters. The van der Waals surface area contributed by atoms with Crippen LogP contribution in [0.5, 0.6) is 0 Å². The lowest BCUT2D eigenvalue weighted by molar-refractivity contribution is 0.102. The predicted molar refractivity (Wildman–Crippen MR) is 94.7 cm³/mol. The van der Waals surface area contributed by atoms with Crippen molar-refractivity contribution in [3.63, 3.8) is 0 Å². The Morgan fingerprint density at radius 2 is 2.00 bits per heavy atom. The molecule has 0 aliphatic rings. The van der Waals surface area contributed by atoms with Gasteiger partial charge in [-0.2, -0.15) is 0 Å². The first-order valence-corrected chi connectivity index (χ1v) is 8.46. The van der Waals surface area contributed by atoms with Gasteiger partial charge in [0, 0.05) is 15.4 Å². The fraction of sp³-hybridized carbons (Fsp3) is 0. The van der Waals surface area contributed by atoms with E-state index in [1.807, 2.05) is 29.6 Å². The Bertz CT molecular complexity index is 834. The predicted octanol–water partition coefficient (Wildman–Crippen LogP) is 5.48. The summed E-state index contributed by atoms with van der Waals surface area (Å²) >= 11 is 10.8. The van der Waals surface area contributed by atoms with Gasteiger partial charge in [-0.3, -0.25) is 10.1 Å². The molecule has 0 radical (unpaired) electrons. The van der Waals surface area contributed by atoms with Crippen molar-refractivity contribution in [3.8, 4) is 11.3 Å². The van der Waals surface area contributed by atoms with E-state index in [9.17, 15) is 4.79 Å². The van der Waals surface area contributed by atoms with E-state index in [2.05, 4.69) is 26.2 Å². The minimum atomic E-state index is -0.263. The van der Waals surface area contributed by atoms with E-state index in [0.29, 0.717) is 15.7 Å². The second-order valence-corrected chi connectivity index (χ2v) is 6.66. The van der Waals surface area contributed by atoms with Crippen LogP contribution in [0.4, 0.5) is 5.13 Å². The number of aromatic nitrogens is 1. The number of anilines is 1. The summed E-state index contributed by atoms with van der Waals surface area (Å²) in [4.78, 5) is 16.6. The Hall–Kier alpha value is -1.69. The fourth-order valence-electron chi connectivity index (χ4n) is 1.92. The van der Waals surface area contributed by atoms with E-state index in [1.54, 1.807) is 24.3 Å². The van der Waals surface area contributed by atoms with Crippen molar-refractivity contribution in [2.75, 3.05) is 5.32 Å². The molecule has 1 heterocycles. The number of halogens is 2. The van der Waals surface area contributed by atoms with Crippen LogP contribution >= 0.6 is 38.9 Å². The molecular weight excluding hydrogens is 384 g/mol. The van der Waals surface area contributed by atoms with Crippen LogP contribution in [-0.2, 0) is 0 Å². The zero-order chi connectivity index (χ0) is 15.5. The number of benzene rings is 2. The van der Waals surface area contributed by atoms with Gasteiger partial charge in [0.1, 0.15) is 0 Å². The molecule has 0 spiro atoms. The lowest BCUT2D eigenvalue weighted by atomic mass is 10.2. The summed E-state index contributed by atoms with van der Waals surface area (Å²) in [7, 11) is 0. The van der Waals surface area contributed by atoms with Gasteiger partial charge in [0.2, 0.25) is 0 Å². The van der Waals surface area contributed by atoms with Gasteiger partial charge in [-0.1, -0.05) is 51.8 Å². The molecule has 3 nitrogen and oxygen atoms in total. The number of hydrogen-bond acceptors (Lipinski definition) is 3. The Morgan fingerprint density at radius 3 is 2.77 bits per heavy atom. The number of nitrogens with zero attached hydrogens (tertiary/aromatic N) is 1. The van der Waals surface area contributed by atoms with Crippen molar-refractivity contribution in [1.82, 2.24) is 4.98 Å². The quantitative estimate of drug-likeness (QED) is 0.640. The van der Waals surface area contributed by atoms with Crippen molar-refractivity contribution < 1.29 is 4.79 Å². The molecule has 2 aromatic carbocycles. The summed E-state index contributed by atoms with van der Waals surface area (Å²) in [6.45, 7) is 0. The summed E-state index contributed by atoms with van der Waals surface area (Å²) in [5.74, 6) is -0.263. The smallest absolute Gasteiger partial charge is 0.258 e. The number of rotatable bonds is 3. The zero-order valence-electron chi connectivity index (χ0n) is 11.2. The average molecular weight is 394 g/mol. The third-order valence-corrected chi connectivity index (χ3v) is 4.54. The SMILES string of the molecule is O=C(Nc1nc(-c2cccc(Br)c2)cs1)c1ccccc1Cl. The lowest BCUT2D eigenvalue weighted by Crippen LogP contribution is -2.12. The molecule has 0 aliphatic heterocycles. The highest BCUT2D eigenvalue weighted by Crippen LogP contribution is 2.27. The topological polar surface area (TPSA) is 42.0 Å². The van der Waals surface area contributed by atoms with Crippen molar-refractivity contribution in [2.45, 2.75) is 0 Å². The third kappa shape index (κ3) is 3.38. The van der Waals surface area contributed by atoms with Crippen molar-refractivity contribution in [3.05, 3.63) is 69.0 Å². The molecule has 110 valence electrons. The monoisotopic (exact) mass is 392 g/mol. The molecular formula is C16H10BrClN2OS. The summed E-state index contributed by atoms with van der Waals surface area (Å²) < 4.78 is 0.986. The second kappa shape index (κ2) is 6.60. The Labute approximate surface area is 145 Å². The van der Waals surface area contributed by atoms with Gasteiger partial charge in [-0.25, -0.2) is 4.98 Å². The zero-order valence-corrected chi connectivity index (χ0v) is 14.4.